The van der Waals surface area contributed by atoms with Crippen LogP contribution in [-0.4, -0.2) is 95.7 Å². The second-order valence-corrected chi connectivity index (χ2v) is 8.27. The van der Waals surface area contributed by atoms with E-state index in [-0.39, 0.29) is 49.0 Å². The average molecular weight is 434 g/mol. The molecule has 10 heteroatoms. The second-order valence-electron chi connectivity index (χ2n) is 8.27. The van der Waals surface area contributed by atoms with Crippen LogP contribution in [0.3, 0.4) is 0 Å². The normalized spacial score (nSPS) is 23.2. The number of likely N-dealkylation sites (tertiary alicyclic amines) is 1. The monoisotopic (exact) mass is 433 g/mol. The molecular weight excluding hydrogens is 402 g/mol. The third-order valence-corrected chi connectivity index (χ3v) is 5.76. The minimum Gasteiger partial charge on any atom is -0.384 e. The molecule has 0 spiro atoms. The first kappa shape index (κ1) is 23.1. The molecule has 31 heavy (non-hydrogen) atoms. The Bertz CT molecular complexity index is 769. The summed E-state index contributed by atoms with van der Waals surface area (Å²) < 4.78 is 5.52. The van der Waals surface area contributed by atoms with Gasteiger partial charge in [0.05, 0.1) is 26.3 Å². The van der Waals surface area contributed by atoms with Crippen molar-refractivity contribution in [1.29, 1.82) is 0 Å². The van der Waals surface area contributed by atoms with Crippen LogP contribution in [-0.2, 0) is 14.3 Å². The van der Waals surface area contributed by atoms with Gasteiger partial charge in [0.1, 0.15) is 11.3 Å². The van der Waals surface area contributed by atoms with Gasteiger partial charge in [0.2, 0.25) is 11.8 Å². The maximum absolute atomic E-state index is 13.1. The number of rotatable bonds is 7. The van der Waals surface area contributed by atoms with Gasteiger partial charge >= 0.3 is 0 Å². The van der Waals surface area contributed by atoms with Crippen molar-refractivity contribution in [3.63, 3.8) is 0 Å². The van der Waals surface area contributed by atoms with Crippen LogP contribution in [0.4, 0.5) is 0 Å². The predicted octanol–water partition coefficient (Wildman–Crippen LogP) is -1.01. The molecule has 1 aromatic heterocycles. The summed E-state index contributed by atoms with van der Waals surface area (Å²) in [4.78, 5) is 44.1. The Morgan fingerprint density at radius 3 is 2.71 bits per heavy atom. The molecule has 3 heterocycles. The molecule has 0 bridgehead atoms. The van der Waals surface area contributed by atoms with Gasteiger partial charge in [-0.05, 0) is 38.1 Å². The number of nitrogens with zero attached hydrogens (tertiary/aromatic N) is 3. The van der Waals surface area contributed by atoms with Crippen LogP contribution in [0.1, 0.15) is 29.8 Å². The summed E-state index contributed by atoms with van der Waals surface area (Å²) >= 11 is 0. The van der Waals surface area contributed by atoms with E-state index in [0.29, 0.717) is 39.0 Å². The third kappa shape index (κ3) is 6.71. The first-order chi connectivity index (χ1) is 14.9. The van der Waals surface area contributed by atoms with Gasteiger partial charge in [-0.3, -0.25) is 19.4 Å². The topological polar surface area (TPSA) is 138 Å². The van der Waals surface area contributed by atoms with Crippen molar-refractivity contribution in [2.45, 2.75) is 24.9 Å². The summed E-state index contributed by atoms with van der Waals surface area (Å²) in [5.41, 5.74) is 4.09. The minimum absolute atomic E-state index is 0.00507. The SMILES string of the molecule is NC(=O)CCN1CCC(C(=O)N2CCOCC(O)(CNC(=O)c3ccccn3)C2)CC1. The van der Waals surface area contributed by atoms with Crippen LogP contribution >= 0.6 is 0 Å². The molecule has 2 fully saturated rings. The summed E-state index contributed by atoms with van der Waals surface area (Å²) in [7, 11) is 0. The molecule has 1 atom stereocenters. The molecule has 1 aromatic rings. The number of primary amides is 1. The molecule has 3 amide bonds. The van der Waals surface area contributed by atoms with Gasteiger partial charge in [-0.1, -0.05) is 6.07 Å². The highest BCUT2D eigenvalue weighted by molar-refractivity contribution is 5.92. The van der Waals surface area contributed by atoms with Gasteiger partial charge in [-0.2, -0.15) is 0 Å². The molecule has 4 N–H and O–H groups in total. The number of hydrogen-bond acceptors (Lipinski definition) is 7. The number of β-amino-alcohol motifs (C(OH)–C–C–N with tert-alkyl or cyclic N) is 1. The number of amides is 3. The minimum atomic E-state index is -1.38. The molecule has 2 aliphatic rings. The van der Waals surface area contributed by atoms with Gasteiger partial charge in [-0.15, -0.1) is 0 Å². The molecule has 2 aliphatic heterocycles. The largest absolute Gasteiger partial charge is 0.384 e. The standard InChI is InChI=1S/C21H31N5O5/c22-18(27)6-10-25-8-4-16(5-9-25)20(29)26-11-12-31-15-21(30,14-26)13-24-19(28)17-3-1-2-7-23-17/h1-3,7,16,30H,4-6,8-15H2,(H2,22,27)(H,24,28). The number of nitrogens with two attached hydrogens (primary N) is 1. The van der Waals surface area contributed by atoms with Crippen LogP contribution in [0.15, 0.2) is 24.4 Å². The number of hydrogen-bond donors (Lipinski definition) is 3. The van der Waals surface area contributed by atoms with Crippen molar-refractivity contribution in [2.75, 3.05) is 52.5 Å². The molecular formula is C21H31N5O5. The average Bonchev–Trinajstić information content (AvgIpc) is 2.98. The summed E-state index contributed by atoms with van der Waals surface area (Å²) in [6.07, 6.45) is 3.24. The molecule has 170 valence electrons. The van der Waals surface area contributed by atoms with Crippen molar-refractivity contribution in [3.05, 3.63) is 30.1 Å². The lowest BCUT2D eigenvalue weighted by molar-refractivity contribution is -0.139. The lowest BCUT2D eigenvalue weighted by Gasteiger charge is -2.36. The number of pyridine rings is 1. The smallest absolute Gasteiger partial charge is 0.269 e. The van der Waals surface area contributed by atoms with Gasteiger partial charge < -0.3 is 30.7 Å². The molecule has 0 radical (unpaired) electrons. The van der Waals surface area contributed by atoms with E-state index in [4.69, 9.17) is 10.5 Å². The number of carbonyl (C=O) groups is 3. The molecule has 2 saturated heterocycles. The Hall–Kier alpha value is -2.56. The van der Waals surface area contributed by atoms with E-state index in [9.17, 15) is 19.5 Å². The Balaban J connectivity index is 1.52. The van der Waals surface area contributed by atoms with Crippen LogP contribution in [0, 0.1) is 5.92 Å². The van der Waals surface area contributed by atoms with Gasteiger partial charge in [0.25, 0.3) is 5.91 Å². The van der Waals surface area contributed by atoms with E-state index >= 15 is 0 Å². The van der Waals surface area contributed by atoms with Crippen molar-refractivity contribution < 1.29 is 24.2 Å². The summed E-state index contributed by atoms with van der Waals surface area (Å²) in [5.74, 6) is -0.846. The first-order valence-corrected chi connectivity index (χ1v) is 10.7. The van der Waals surface area contributed by atoms with Crippen molar-refractivity contribution in [1.82, 2.24) is 20.1 Å². The Morgan fingerprint density at radius 2 is 2.03 bits per heavy atom. The maximum Gasteiger partial charge on any atom is 0.269 e. The Morgan fingerprint density at radius 1 is 1.26 bits per heavy atom. The zero-order valence-corrected chi connectivity index (χ0v) is 17.7. The van der Waals surface area contributed by atoms with E-state index in [2.05, 4.69) is 15.2 Å². The molecule has 1 unspecified atom stereocenters. The molecule has 3 rings (SSSR count). The lowest BCUT2D eigenvalue weighted by atomic mass is 9.94. The summed E-state index contributed by atoms with van der Waals surface area (Å²) in [5, 5.41) is 13.7. The first-order valence-electron chi connectivity index (χ1n) is 10.7. The third-order valence-electron chi connectivity index (χ3n) is 5.76. The lowest BCUT2D eigenvalue weighted by Crippen LogP contribution is -2.54. The van der Waals surface area contributed by atoms with Crippen LogP contribution in [0.25, 0.3) is 0 Å². The van der Waals surface area contributed by atoms with E-state index < -0.39 is 5.60 Å². The quantitative estimate of drug-likeness (QED) is 0.501. The van der Waals surface area contributed by atoms with Crippen molar-refractivity contribution in [3.8, 4) is 0 Å². The van der Waals surface area contributed by atoms with Gasteiger partial charge in [0, 0.05) is 31.6 Å². The van der Waals surface area contributed by atoms with Crippen molar-refractivity contribution in [2.24, 2.45) is 11.7 Å². The highest BCUT2D eigenvalue weighted by Crippen LogP contribution is 2.22. The zero-order valence-electron chi connectivity index (χ0n) is 17.7. The van der Waals surface area contributed by atoms with Gasteiger partial charge in [0.15, 0.2) is 0 Å². The number of aromatic nitrogens is 1. The fraction of sp³-hybridized carbons (Fsp3) is 0.619. The van der Waals surface area contributed by atoms with E-state index in [0.717, 1.165) is 13.1 Å². The van der Waals surface area contributed by atoms with Crippen LogP contribution in [0.2, 0.25) is 0 Å². The molecule has 0 saturated carbocycles. The van der Waals surface area contributed by atoms with E-state index in [1.54, 1.807) is 23.1 Å². The van der Waals surface area contributed by atoms with E-state index in [1.165, 1.54) is 6.20 Å². The Labute approximate surface area is 181 Å². The van der Waals surface area contributed by atoms with Crippen molar-refractivity contribution >= 4 is 17.7 Å². The predicted molar refractivity (Wildman–Crippen MR) is 112 cm³/mol. The molecule has 0 aromatic carbocycles. The summed E-state index contributed by atoms with van der Waals surface area (Å²) in [6, 6.07) is 5.02. The second kappa shape index (κ2) is 10.7. The molecule has 10 nitrogen and oxygen atoms in total. The maximum atomic E-state index is 13.1. The van der Waals surface area contributed by atoms with E-state index in [1.807, 2.05) is 0 Å². The van der Waals surface area contributed by atoms with Gasteiger partial charge in [-0.25, -0.2) is 0 Å². The highest BCUT2D eigenvalue weighted by Gasteiger charge is 2.37. The van der Waals surface area contributed by atoms with Crippen LogP contribution in [0.5, 0.6) is 0 Å². The number of carbonyl (C=O) groups excluding carboxylic acids is 3. The Kier molecular flexibility index (Phi) is 7.94. The number of piperidine rings is 1. The fourth-order valence-corrected chi connectivity index (χ4v) is 3.97. The van der Waals surface area contributed by atoms with Crippen LogP contribution < -0.4 is 11.1 Å². The fourth-order valence-electron chi connectivity index (χ4n) is 3.97. The number of aliphatic hydroxyl groups is 1. The number of ether oxygens (including phenoxy) is 1. The highest BCUT2D eigenvalue weighted by atomic mass is 16.5. The molecule has 0 aliphatic carbocycles. The zero-order chi connectivity index (χ0) is 22.3. The number of nitrogens with one attached hydrogen (secondary N) is 1. The summed E-state index contributed by atoms with van der Waals surface area (Å²) in [6.45, 7) is 2.90.